The van der Waals surface area contributed by atoms with E-state index < -0.39 is 0 Å². The fourth-order valence-corrected chi connectivity index (χ4v) is 2.44. The van der Waals surface area contributed by atoms with E-state index in [9.17, 15) is 9.18 Å². The Labute approximate surface area is 135 Å². The van der Waals surface area contributed by atoms with Gasteiger partial charge in [-0.2, -0.15) is 0 Å². The van der Waals surface area contributed by atoms with Crippen molar-refractivity contribution < 1.29 is 4.39 Å². The number of benzene rings is 2. The minimum atomic E-state index is -0.368. The largest absolute Gasteiger partial charge is 0.323 e. The van der Waals surface area contributed by atoms with Crippen LogP contribution in [0.25, 0.3) is 22.2 Å². The number of rotatable bonds is 3. The lowest BCUT2D eigenvalue weighted by atomic mass is 10.1. The van der Waals surface area contributed by atoms with Crippen LogP contribution >= 0.6 is 0 Å². The number of hydrogen-bond acceptors (Lipinski definition) is 4. The van der Waals surface area contributed by atoms with Crippen molar-refractivity contribution in [1.82, 2.24) is 19.9 Å². The number of nitrogens with zero attached hydrogens (tertiary/aromatic N) is 2. The number of nitrogens with one attached hydrogen (secondary N) is 3. The maximum atomic E-state index is 13.6. The zero-order chi connectivity index (χ0) is 16.5. The monoisotopic (exact) mass is 321 g/mol. The molecule has 118 valence electrons. The van der Waals surface area contributed by atoms with Gasteiger partial charge in [0.25, 0.3) is 0 Å². The van der Waals surface area contributed by atoms with E-state index in [4.69, 9.17) is 0 Å². The Morgan fingerprint density at radius 2 is 1.67 bits per heavy atom. The quantitative estimate of drug-likeness (QED) is 0.541. The molecule has 3 N–H and O–H groups in total. The number of anilines is 2. The first-order valence-electron chi connectivity index (χ1n) is 7.25. The van der Waals surface area contributed by atoms with Crippen molar-refractivity contribution in [2.45, 2.75) is 0 Å². The van der Waals surface area contributed by atoms with Gasteiger partial charge in [0.2, 0.25) is 5.95 Å². The smallest absolute Gasteiger partial charge is 0.322 e. The lowest BCUT2D eigenvalue weighted by Gasteiger charge is -2.06. The predicted octanol–water partition coefficient (Wildman–Crippen LogP) is 3.20. The van der Waals surface area contributed by atoms with Gasteiger partial charge < -0.3 is 15.3 Å². The summed E-state index contributed by atoms with van der Waals surface area (Å²) in [5.41, 5.74) is 3.18. The molecular weight excluding hydrogens is 309 g/mol. The molecule has 24 heavy (non-hydrogen) atoms. The average Bonchev–Trinajstić information content (AvgIpc) is 2.97. The molecule has 4 aromatic rings. The van der Waals surface area contributed by atoms with Gasteiger partial charge >= 0.3 is 5.69 Å². The molecule has 0 bridgehead atoms. The third-order valence-corrected chi connectivity index (χ3v) is 3.62. The first-order chi connectivity index (χ1) is 11.7. The lowest BCUT2D eigenvalue weighted by molar-refractivity contribution is 0.631. The van der Waals surface area contributed by atoms with Crippen LogP contribution in [-0.4, -0.2) is 19.9 Å². The average molecular weight is 321 g/mol. The van der Waals surface area contributed by atoms with E-state index in [-0.39, 0.29) is 11.5 Å². The van der Waals surface area contributed by atoms with Gasteiger partial charge in [-0.05, 0) is 29.8 Å². The molecule has 7 heteroatoms. The summed E-state index contributed by atoms with van der Waals surface area (Å²) in [7, 11) is 0. The van der Waals surface area contributed by atoms with Crippen molar-refractivity contribution in [3.05, 3.63) is 71.2 Å². The van der Waals surface area contributed by atoms with Crippen molar-refractivity contribution in [2.75, 3.05) is 5.32 Å². The van der Waals surface area contributed by atoms with Gasteiger partial charge in [0.15, 0.2) is 0 Å². The van der Waals surface area contributed by atoms with E-state index in [1.54, 1.807) is 30.6 Å². The number of imidazole rings is 1. The molecule has 0 fully saturated rings. The lowest BCUT2D eigenvalue weighted by Crippen LogP contribution is -1.99. The van der Waals surface area contributed by atoms with Crippen LogP contribution in [0.1, 0.15) is 0 Å². The predicted molar refractivity (Wildman–Crippen MR) is 89.6 cm³/mol. The molecule has 0 aliphatic carbocycles. The van der Waals surface area contributed by atoms with E-state index in [1.165, 1.54) is 6.07 Å². The van der Waals surface area contributed by atoms with Crippen LogP contribution in [0.4, 0.5) is 16.0 Å². The van der Waals surface area contributed by atoms with Crippen LogP contribution in [0.3, 0.4) is 0 Å². The van der Waals surface area contributed by atoms with Crippen LogP contribution in [0, 0.1) is 5.82 Å². The highest BCUT2D eigenvalue weighted by Crippen LogP contribution is 2.22. The van der Waals surface area contributed by atoms with Crippen molar-refractivity contribution in [3.63, 3.8) is 0 Å². The van der Waals surface area contributed by atoms with Gasteiger partial charge in [-0.3, -0.25) is 0 Å². The van der Waals surface area contributed by atoms with E-state index in [0.717, 1.165) is 16.6 Å². The Hall–Kier alpha value is -3.48. The number of para-hydroxylation sites is 1. The van der Waals surface area contributed by atoms with Gasteiger partial charge in [0.1, 0.15) is 5.82 Å². The van der Waals surface area contributed by atoms with E-state index in [1.807, 2.05) is 18.2 Å². The van der Waals surface area contributed by atoms with Crippen molar-refractivity contribution >= 4 is 22.7 Å². The summed E-state index contributed by atoms with van der Waals surface area (Å²) in [6.07, 6.45) is 3.28. The summed E-state index contributed by atoms with van der Waals surface area (Å²) in [5, 5.41) is 2.83. The Balaban J connectivity index is 1.62. The molecule has 0 saturated heterocycles. The highest BCUT2D eigenvalue weighted by molar-refractivity contribution is 5.81. The molecule has 0 radical (unpaired) electrons. The molecule has 2 heterocycles. The molecule has 0 unspecified atom stereocenters. The fraction of sp³-hybridized carbons (Fsp3) is 0. The zero-order valence-electron chi connectivity index (χ0n) is 12.4. The Morgan fingerprint density at radius 1 is 0.917 bits per heavy atom. The summed E-state index contributed by atoms with van der Waals surface area (Å²) < 4.78 is 13.6. The zero-order valence-corrected chi connectivity index (χ0v) is 12.4. The molecule has 0 aliphatic rings. The molecule has 0 saturated carbocycles. The minimum Gasteiger partial charge on any atom is -0.322 e. The SMILES string of the molecule is O=c1[nH]c2ccc(-c3cnc(Nc4ccccc4F)nc3)cc2[nH]1. The summed E-state index contributed by atoms with van der Waals surface area (Å²) in [6.45, 7) is 0. The number of fused-ring (bicyclic) bond motifs is 1. The number of aromatic amines is 2. The van der Waals surface area contributed by atoms with E-state index in [2.05, 4.69) is 25.3 Å². The molecule has 2 aromatic carbocycles. The maximum Gasteiger partial charge on any atom is 0.323 e. The number of halogens is 1. The minimum absolute atomic E-state index is 0.247. The highest BCUT2D eigenvalue weighted by Gasteiger charge is 2.06. The number of hydrogen-bond donors (Lipinski definition) is 3. The van der Waals surface area contributed by atoms with Gasteiger partial charge in [-0.15, -0.1) is 0 Å². The first-order valence-corrected chi connectivity index (χ1v) is 7.25. The molecular formula is C17H12FN5O. The molecule has 2 aromatic heterocycles. The van der Waals surface area contributed by atoms with Gasteiger partial charge in [-0.1, -0.05) is 18.2 Å². The number of aromatic nitrogens is 4. The third-order valence-electron chi connectivity index (χ3n) is 3.62. The van der Waals surface area contributed by atoms with Crippen molar-refractivity contribution in [3.8, 4) is 11.1 Å². The second kappa shape index (κ2) is 5.62. The van der Waals surface area contributed by atoms with Crippen LogP contribution in [0.2, 0.25) is 0 Å². The first kappa shape index (κ1) is 14.1. The second-order valence-corrected chi connectivity index (χ2v) is 5.24. The van der Waals surface area contributed by atoms with Gasteiger partial charge in [-0.25, -0.2) is 19.2 Å². The molecule has 4 rings (SSSR count). The summed E-state index contributed by atoms with van der Waals surface area (Å²) >= 11 is 0. The van der Waals surface area contributed by atoms with Crippen LogP contribution in [0.5, 0.6) is 0 Å². The maximum absolute atomic E-state index is 13.6. The topological polar surface area (TPSA) is 86.5 Å². The molecule has 0 spiro atoms. The molecule has 6 nitrogen and oxygen atoms in total. The van der Waals surface area contributed by atoms with Crippen LogP contribution in [-0.2, 0) is 0 Å². The molecule has 0 amide bonds. The van der Waals surface area contributed by atoms with Gasteiger partial charge in [0.05, 0.1) is 16.7 Å². The van der Waals surface area contributed by atoms with E-state index in [0.29, 0.717) is 17.2 Å². The highest BCUT2D eigenvalue weighted by atomic mass is 19.1. The van der Waals surface area contributed by atoms with Crippen molar-refractivity contribution in [2.24, 2.45) is 0 Å². The van der Waals surface area contributed by atoms with E-state index >= 15 is 0 Å². The van der Waals surface area contributed by atoms with Crippen LogP contribution in [0.15, 0.2) is 59.7 Å². The summed E-state index contributed by atoms with van der Waals surface area (Å²) in [4.78, 5) is 25.1. The van der Waals surface area contributed by atoms with Crippen molar-refractivity contribution in [1.29, 1.82) is 0 Å². The van der Waals surface area contributed by atoms with Crippen LogP contribution < -0.4 is 11.0 Å². The Morgan fingerprint density at radius 3 is 2.46 bits per heavy atom. The number of H-pyrrole nitrogens is 2. The third kappa shape index (κ3) is 2.63. The Bertz CT molecular complexity index is 1070. The summed E-state index contributed by atoms with van der Waals surface area (Å²) in [6, 6.07) is 11.9. The standard InChI is InChI=1S/C17H12FN5O/c18-12-3-1-2-4-13(12)21-16-19-8-11(9-20-16)10-5-6-14-15(7-10)23-17(24)22-14/h1-9H,(H,19,20,21)(H2,22,23,24). The molecule has 0 atom stereocenters. The Kier molecular flexibility index (Phi) is 3.31. The normalized spacial score (nSPS) is 10.9. The summed E-state index contributed by atoms with van der Waals surface area (Å²) in [5.74, 6) is -0.0629. The second-order valence-electron chi connectivity index (χ2n) is 5.24. The molecule has 0 aliphatic heterocycles. The van der Waals surface area contributed by atoms with Gasteiger partial charge in [0, 0.05) is 18.0 Å². The fourth-order valence-electron chi connectivity index (χ4n) is 2.44.